The van der Waals surface area contributed by atoms with Crippen LogP contribution in [0.1, 0.15) is 25.3 Å². The number of aromatic nitrogens is 4. The summed E-state index contributed by atoms with van der Waals surface area (Å²) < 4.78 is 29.7. The van der Waals surface area contributed by atoms with Crippen molar-refractivity contribution in [3.63, 3.8) is 0 Å². The van der Waals surface area contributed by atoms with Gasteiger partial charge in [0.2, 0.25) is 5.82 Å². The van der Waals surface area contributed by atoms with Crippen LogP contribution in [0, 0.1) is 6.92 Å². The molecule has 0 bridgehead atoms. The van der Waals surface area contributed by atoms with Crippen molar-refractivity contribution in [2.45, 2.75) is 31.6 Å². The van der Waals surface area contributed by atoms with Gasteiger partial charge in [-0.3, -0.25) is 4.31 Å². The number of rotatable bonds is 7. The number of aryl methyl sites for hydroxylation is 1. The Labute approximate surface area is 173 Å². The van der Waals surface area contributed by atoms with Gasteiger partial charge >= 0.3 is 0 Å². The van der Waals surface area contributed by atoms with Gasteiger partial charge in [0.15, 0.2) is 0 Å². The van der Waals surface area contributed by atoms with Crippen LogP contribution in [0.3, 0.4) is 0 Å². The molecular formula is C20H21N5O2S2. The van der Waals surface area contributed by atoms with E-state index < -0.39 is 10.0 Å². The van der Waals surface area contributed by atoms with Crippen molar-refractivity contribution in [3.05, 3.63) is 54.1 Å². The Morgan fingerprint density at radius 1 is 1.10 bits per heavy atom. The molecule has 1 N–H and O–H groups in total. The van der Waals surface area contributed by atoms with Crippen LogP contribution >= 0.6 is 11.3 Å². The van der Waals surface area contributed by atoms with Crippen LogP contribution in [0.5, 0.6) is 0 Å². The first-order valence-corrected chi connectivity index (χ1v) is 11.6. The lowest BCUT2D eigenvalue weighted by Gasteiger charge is -2.24. The van der Waals surface area contributed by atoms with Gasteiger partial charge in [0.25, 0.3) is 10.0 Å². The highest BCUT2D eigenvalue weighted by molar-refractivity contribution is 7.93. The standard InChI is InChI=1S/C20H21N5O2S2/c1-3-4-13-25(20-14(2)17-7-5-6-8-18(17)28-20)29(26,27)16-11-9-15(10-12-16)19-21-23-24-22-19/h5-12H,3-4,13H2,1-2H3,(H,21,22,23,24). The summed E-state index contributed by atoms with van der Waals surface area (Å²) in [6.45, 7) is 4.49. The highest BCUT2D eigenvalue weighted by Crippen LogP contribution is 2.40. The highest BCUT2D eigenvalue weighted by Gasteiger charge is 2.28. The van der Waals surface area contributed by atoms with Gasteiger partial charge in [-0.1, -0.05) is 31.5 Å². The summed E-state index contributed by atoms with van der Waals surface area (Å²) in [7, 11) is -3.70. The summed E-state index contributed by atoms with van der Waals surface area (Å²) in [5.41, 5.74) is 1.70. The second-order valence-electron chi connectivity index (χ2n) is 6.72. The van der Waals surface area contributed by atoms with Crippen molar-refractivity contribution in [1.29, 1.82) is 0 Å². The minimum atomic E-state index is -3.70. The normalized spacial score (nSPS) is 11.8. The molecule has 9 heteroatoms. The van der Waals surface area contributed by atoms with E-state index in [4.69, 9.17) is 0 Å². The summed E-state index contributed by atoms with van der Waals surface area (Å²) in [6, 6.07) is 14.6. The second-order valence-corrected chi connectivity index (χ2v) is 9.61. The fourth-order valence-electron chi connectivity index (χ4n) is 3.22. The van der Waals surface area contributed by atoms with Gasteiger partial charge in [0.05, 0.1) is 4.90 Å². The molecule has 2 aromatic carbocycles. The Balaban J connectivity index is 1.76. The van der Waals surface area contributed by atoms with E-state index in [1.807, 2.05) is 31.2 Å². The molecular weight excluding hydrogens is 406 g/mol. The first-order valence-electron chi connectivity index (χ1n) is 9.37. The average molecular weight is 428 g/mol. The Hall–Kier alpha value is -2.78. The van der Waals surface area contributed by atoms with Gasteiger partial charge in [-0.15, -0.1) is 21.5 Å². The van der Waals surface area contributed by atoms with Gasteiger partial charge in [-0.25, -0.2) is 8.42 Å². The second kappa shape index (κ2) is 7.92. The number of benzene rings is 2. The Bertz CT molecular complexity index is 1220. The molecule has 4 rings (SSSR count). The summed E-state index contributed by atoms with van der Waals surface area (Å²) in [4.78, 5) is 0.248. The molecule has 150 valence electrons. The number of tetrazole rings is 1. The molecule has 0 aliphatic heterocycles. The maximum absolute atomic E-state index is 13.5. The van der Waals surface area contributed by atoms with Crippen LogP contribution in [0.15, 0.2) is 53.4 Å². The molecule has 0 saturated heterocycles. The number of anilines is 1. The third kappa shape index (κ3) is 3.63. The van der Waals surface area contributed by atoms with Gasteiger partial charge in [-0.2, -0.15) is 5.21 Å². The van der Waals surface area contributed by atoms with Crippen LogP contribution in [-0.2, 0) is 10.0 Å². The molecule has 0 fully saturated rings. The molecule has 0 atom stereocenters. The van der Waals surface area contributed by atoms with Crippen molar-refractivity contribution in [1.82, 2.24) is 20.6 Å². The number of nitrogens with one attached hydrogen (secondary N) is 1. The van der Waals surface area contributed by atoms with Crippen molar-refractivity contribution < 1.29 is 8.42 Å². The maximum atomic E-state index is 13.5. The number of aromatic amines is 1. The minimum Gasteiger partial charge on any atom is -0.257 e. The van der Waals surface area contributed by atoms with E-state index in [9.17, 15) is 8.42 Å². The molecule has 0 radical (unpaired) electrons. The molecule has 0 spiro atoms. The van der Waals surface area contributed by atoms with Gasteiger partial charge < -0.3 is 0 Å². The van der Waals surface area contributed by atoms with Gasteiger partial charge in [0, 0.05) is 16.8 Å². The summed E-state index contributed by atoms with van der Waals surface area (Å²) in [5, 5.41) is 15.7. The number of fused-ring (bicyclic) bond motifs is 1. The average Bonchev–Trinajstić information content (AvgIpc) is 3.38. The Morgan fingerprint density at radius 3 is 2.52 bits per heavy atom. The molecule has 2 aromatic heterocycles. The SMILES string of the molecule is CCCCN(c1sc2ccccc2c1C)S(=O)(=O)c1ccc(-c2nn[nH]n2)cc1. The largest absolute Gasteiger partial charge is 0.264 e. The number of nitrogens with zero attached hydrogens (tertiary/aromatic N) is 4. The smallest absolute Gasteiger partial charge is 0.257 e. The lowest BCUT2D eigenvalue weighted by atomic mass is 10.2. The number of unbranched alkanes of at least 4 members (excludes halogenated alkanes) is 1. The van der Waals surface area contributed by atoms with Crippen molar-refractivity contribution in [2.24, 2.45) is 0 Å². The minimum absolute atomic E-state index is 0.248. The number of hydrogen-bond acceptors (Lipinski definition) is 6. The maximum Gasteiger partial charge on any atom is 0.264 e. The molecule has 0 aliphatic rings. The molecule has 7 nitrogen and oxygen atoms in total. The Morgan fingerprint density at radius 2 is 1.86 bits per heavy atom. The van der Waals surface area contributed by atoms with E-state index in [0.29, 0.717) is 17.9 Å². The van der Waals surface area contributed by atoms with Crippen LogP contribution < -0.4 is 4.31 Å². The molecule has 0 unspecified atom stereocenters. The lowest BCUT2D eigenvalue weighted by molar-refractivity contribution is 0.589. The van der Waals surface area contributed by atoms with Crippen molar-refractivity contribution >= 4 is 36.4 Å². The van der Waals surface area contributed by atoms with E-state index in [2.05, 4.69) is 27.5 Å². The van der Waals surface area contributed by atoms with Gasteiger partial charge in [-0.05, 0) is 59.8 Å². The van der Waals surface area contributed by atoms with Crippen LogP contribution in [0.4, 0.5) is 5.00 Å². The fraction of sp³-hybridized carbons (Fsp3) is 0.250. The quantitative estimate of drug-likeness (QED) is 0.472. The number of H-pyrrole nitrogens is 1. The number of thiophene rings is 1. The summed E-state index contributed by atoms with van der Waals surface area (Å²) in [5.74, 6) is 0.428. The molecule has 2 heterocycles. The predicted octanol–water partition coefficient (Wildman–Crippen LogP) is 4.39. The molecule has 0 saturated carbocycles. The first-order chi connectivity index (χ1) is 14.0. The third-order valence-electron chi connectivity index (χ3n) is 4.81. The fourth-order valence-corrected chi connectivity index (χ4v) is 6.23. The van der Waals surface area contributed by atoms with E-state index in [-0.39, 0.29) is 4.90 Å². The van der Waals surface area contributed by atoms with E-state index in [1.165, 1.54) is 11.3 Å². The van der Waals surface area contributed by atoms with Crippen molar-refractivity contribution in [3.8, 4) is 11.4 Å². The zero-order valence-corrected chi connectivity index (χ0v) is 17.8. The number of hydrogen-bond donors (Lipinski definition) is 1. The summed E-state index contributed by atoms with van der Waals surface area (Å²) in [6.07, 6.45) is 1.70. The first kappa shape index (κ1) is 19.5. The predicted molar refractivity (Wildman–Crippen MR) is 116 cm³/mol. The number of sulfonamides is 1. The van der Waals surface area contributed by atoms with E-state index in [1.54, 1.807) is 28.6 Å². The molecule has 0 amide bonds. The van der Waals surface area contributed by atoms with Crippen molar-refractivity contribution in [2.75, 3.05) is 10.8 Å². The molecule has 29 heavy (non-hydrogen) atoms. The molecule has 0 aliphatic carbocycles. The van der Waals surface area contributed by atoms with Crippen LogP contribution in [0.25, 0.3) is 21.5 Å². The Kier molecular flexibility index (Phi) is 5.33. The monoisotopic (exact) mass is 427 g/mol. The lowest BCUT2D eigenvalue weighted by Crippen LogP contribution is -2.31. The van der Waals surface area contributed by atoms with Gasteiger partial charge in [0.1, 0.15) is 5.00 Å². The summed E-state index contributed by atoms with van der Waals surface area (Å²) >= 11 is 1.52. The third-order valence-corrected chi connectivity index (χ3v) is 8.03. The van der Waals surface area contributed by atoms with E-state index in [0.717, 1.165) is 33.5 Å². The van der Waals surface area contributed by atoms with Crippen LogP contribution in [-0.4, -0.2) is 35.6 Å². The van der Waals surface area contributed by atoms with Crippen LogP contribution in [0.2, 0.25) is 0 Å². The molecule has 4 aromatic rings. The highest BCUT2D eigenvalue weighted by atomic mass is 32.2. The topological polar surface area (TPSA) is 91.8 Å². The zero-order chi connectivity index (χ0) is 20.4. The van der Waals surface area contributed by atoms with E-state index >= 15 is 0 Å². The zero-order valence-electron chi connectivity index (χ0n) is 16.2.